The van der Waals surface area contributed by atoms with Crippen LogP contribution in [0.2, 0.25) is 0 Å². The highest BCUT2D eigenvalue weighted by atomic mass is 31.2. The molecule has 12 heteroatoms. The number of phosphoric ester groups is 1. The normalized spacial score (nSPS) is 13.9. The van der Waals surface area contributed by atoms with Crippen LogP contribution in [0.1, 0.15) is 194 Å². The number of ether oxygens (including phenoxy) is 2. The largest absolute Gasteiger partial charge is 0.480 e. The molecule has 0 spiro atoms. The predicted octanol–water partition coefficient (Wildman–Crippen LogP) is 10.5. The van der Waals surface area contributed by atoms with E-state index in [-0.39, 0.29) is 19.4 Å². The molecule has 0 aliphatic heterocycles. The minimum atomic E-state index is -4.71. The van der Waals surface area contributed by atoms with Gasteiger partial charge in [0.2, 0.25) is 0 Å². The van der Waals surface area contributed by atoms with Crippen molar-refractivity contribution in [3.8, 4) is 0 Å². The van der Waals surface area contributed by atoms with Crippen LogP contribution in [0.15, 0.2) is 12.2 Å². The average molecular weight is 762 g/mol. The Morgan fingerprint density at radius 3 is 1.40 bits per heavy atom. The fraction of sp³-hybridized carbons (Fsp3) is 0.875. The summed E-state index contributed by atoms with van der Waals surface area (Å²) in [5, 5.41) is 8.87. The lowest BCUT2D eigenvalue weighted by atomic mass is 10.1. The van der Waals surface area contributed by atoms with Gasteiger partial charge in [-0.25, -0.2) is 4.57 Å². The summed E-state index contributed by atoms with van der Waals surface area (Å²) in [5.41, 5.74) is 5.32. The van der Waals surface area contributed by atoms with Gasteiger partial charge in [-0.2, -0.15) is 0 Å². The standard InChI is InChI=1S/C40H76NO10P/c1-3-5-7-9-11-13-15-16-17-18-19-20-22-24-26-28-30-32-39(43)51-36(34-49-52(46,47)50-35-37(41)40(44)45)33-48-38(42)31-29-27-25-23-21-14-12-10-8-6-4-2/h16-17,36-37H,3-15,18-35,41H2,1-2H3,(H,44,45)(H,46,47)/b17-16-. The molecule has 0 aromatic heterocycles. The summed E-state index contributed by atoms with van der Waals surface area (Å²) in [4.78, 5) is 45.8. The number of carboxylic acid groups (broad SMARTS) is 1. The first-order valence-electron chi connectivity index (χ1n) is 20.7. The van der Waals surface area contributed by atoms with Crippen molar-refractivity contribution in [2.45, 2.75) is 206 Å². The second kappa shape index (κ2) is 36.2. The van der Waals surface area contributed by atoms with Crippen LogP contribution in [0.5, 0.6) is 0 Å². The fourth-order valence-corrected chi connectivity index (χ4v) is 6.48. The van der Waals surface area contributed by atoms with Gasteiger partial charge in [-0.15, -0.1) is 0 Å². The molecule has 0 bridgehead atoms. The van der Waals surface area contributed by atoms with E-state index in [9.17, 15) is 23.8 Å². The zero-order valence-corrected chi connectivity index (χ0v) is 33.8. The summed E-state index contributed by atoms with van der Waals surface area (Å²) in [6.45, 7) is 2.79. The Balaban J connectivity index is 4.36. The fourth-order valence-electron chi connectivity index (χ4n) is 5.71. The Bertz CT molecular complexity index is 947. The number of carbonyl (C=O) groups is 3. The number of aliphatic carboxylic acids is 1. The first kappa shape index (κ1) is 50.2. The van der Waals surface area contributed by atoms with Crippen LogP contribution in [0, 0.1) is 0 Å². The lowest BCUT2D eigenvalue weighted by Crippen LogP contribution is -2.34. The molecule has 0 saturated heterocycles. The lowest BCUT2D eigenvalue weighted by Gasteiger charge is -2.20. The predicted molar refractivity (Wildman–Crippen MR) is 208 cm³/mol. The number of allylic oxidation sites excluding steroid dienone is 2. The van der Waals surface area contributed by atoms with Crippen molar-refractivity contribution in [3.05, 3.63) is 12.2 Å². The van der Waals surface area contributed by atoms with Gasteiger partial charge in [-0.1, -0.05) is 154 Å². The molecular weight excluding hydrogens is 685 g/mol. The van der Waals surface area contributed by atoms with Crippen molar-refractivity contribution >= 4 is 25.7 Å². The molecule has 4 N–H and O–H groups in total. The van der Waals surface area contributed by atoms with Gasteiger partial charge < -0.3 is 25.2 Å². The third kappa shape index (κ3) is 35.3. The van der Waals surface area contributed by atoms with Gasteiger partial charge in [0.25, 0.3) is 0 Å². The van der Waals surface area contributed by atoms with Crippen molar-refractivity contribution < 1.29 is 47.5 Å². The molecule has 3 atom stereocenters. The summed E-state index contributed by atoms with van der Waals surface area (Å²) in [6.07, 6.45) is 34.2. The van der Waals surface area contributed by atoms with E-state index < -0.39 is 51.1 Å². The van der Waals surface area contributed by atoms with Crippen molar-refractivity contribution in [3.63, 3.8) is 0 Å². The van der Waals surface area contributed by atoms with Gasteiger partial charge in [0, 0.05) is 12.8 Å². The molecule has 306 valence electrons. The van der Waals surface area contributed by atoms with E-state index in [1.54, 1.807) is 0 Å². The third-order valence-electron chi connectivity index (χ3n) is 9.01. The molecule has 3 unspecified atom stereocenters. The van der Waals surface area contributed by atoms with Gasteiger partial charge in [0.1, 0.15) is 12.6 Å². The van der Waals surface area contributed by atoms with Gasteiger partial charge in [-0.05, 0) is 38.5 Å². The van der Waals surface area contributed by atoms with Gasteiger partial charge in [0.05, 0.1) is 13.2 Å². The van der Waals surface area contributed by atoms with Crippen LogP contribution in [0.3, 0.4) is 0 Å². The number of rotatable bonds is 39. The summed E-state index contributed by atoms with van der Waals surface area (Å²) < 4.78 is 32.6. The van der Waals surface area contributed by atoms with Gasteiger partial charge in [-0.3, -0.25) is 23.4 Å². The first-order valence-corrected chi connectivity index (χ1v) is 22.2. The average Bonchev–Trinajstić information content (AvgIpc) is 3.12. The van der Waals surface area contributed by atoms with Crippen LogP contribution in [0.25, 0.3) is 0 Å². The maximum absolute atomic E-state index is 12.6. The summed E-state index contributed by atoms with van der Waals surface area (Å²) >= 11 is 0. The van der Waals surface area contributed by atoms with E-state index >= 15 is 0 Å². The Hall–Kier alpha value is -1.78. The molecular formula is C40H76NO10P. The highest BCUT2D eigenvalue weighted by Crippen LogP contribution is 2.43. The number of hydrogen-bond acceptors (Lipinski definition) is 9. The molecule has 0 rings (SSSR count). The maximum Gasteiger partial charge on any atom is 0.472 e. The maximum atomic E-state index is 12.6. The molecule has 0 radical (unpaired) electrons. The number of carbonyl (C=O) groups excluding carboxylic acids is 2. The molecule has 0 fully saturated rings. The zero-order valence-electron chi connectivity index (χ0n) is 32.9. The highest BCUT2D eigenvalue weighted by Gasteiger charge is 2.28. The van der Waals surface area contributed by atoms with Crippen molar-refractivity contribution in [1.29, 1.82) is 0 Å². The van der Waals surface area contributed by atoms with E-state index in [1.807, 2.05) is 0 Å². The Kier molecular flexibility index (Phi) is 35.0. The van der Waals surface area contributed by atoms with E-state index in [1.165, 1.54) is 109 Å². The number of unbranched alkanes of at least 4 members (excludes halogenated alkanes) is 23. The third-order valence-corrected chi connectivity index (χ3v) is 9.96. The minimum absolute atomic E-state index is 0.160. The molecule has 11 nitrogen and oxygen atoms in total. The molecule has 0 saturated carbocycles. The Morgan fingerprint density at radius 2 is 0.962 bits per heavy atom. The van der Waals surface area contributed by atoms with Crippen LogP contribution in [0.4, 0.5) is 0 Å². The summed E-state index contributed by atoms with van der Waals surface area (Å²) in [7, 11) is -4.71. The topological polar surface area (TPSA) is 172 Å². The second-order valence-corrected chi connectivity index (χ2v) is 15.6. The van der Waals surface area contributed by atoms with Crippen molar-refractivity contribution in [1.82, 2.24) is 0 Å². The monoisotopic (exact) mass is 762 g/mol. The van der Waals surface area contributed by atoms with Crippen LogP contribution >= 0.6 is 7.82 Å². The molecule has 0 aromatic rings. The quantitative estimate of drug-likeness (QED) is 0.0235. The number of hydrogen-bond donors (Lipinski definition) is 3. The van der Waals surface area contributed by atoms with Gasteiger partial charge in [0.15, 0.2) is 6.10 Å². The van der Waals surface area contributed by atoms with Crippen LogP contribution < -0.4 is 5.73 Å². The Labute approximate surface area is 316 Å². The van der Waals surface area contributed by atoms with E-state index in [4.69, 9.17) is 24.8 Å². The number of esters is 2. The first-order chi connectivity index (χ1) is 25.1. The van der Waals surface area contributed by atoms with Gasteiger partial charge >= 0.3 is 25.7 Å². The van der Waals surface area contributed by atoms with Crippen LogP contribution in [-0.4, -0.2) is 59.9 Å². The molecule has 0 aromatic carbocycles. The lowest BCUT2D eigenvalue weighted by molar-refractivity contribution is -0.161. The smallest absolute Gasteiger partial charge is 0.472 e. The number of nitrogens with two attached hydrogens (primary N) is 1. The van der Waals surface area contributed by atoms with E-state index in [2.05, 4.69) is 30.5 Å². The summed E-state index contributed by atoms with van der Waals surface area (Å²) in [5.74, 6) is -2.38. The van der Waals surface area contributed by atoms with Crippen LogP contribution in [-0.2, 0) is 37.5 Å². The van der Waals surface area contributed by atoms with E-state index in [0.717, 1.165) is 44.9 Å². The SMILES string of the molecule is CCCCCCCC/C=C\CCCCCCCCCC(=O)OC(COC(=O)CCCCCCCCCCCCC)COP(=O)(O)OCC(N)C(=O)O. The number of phosphoric acid groups is 1. The number of carboxylic acids is 1. The van der Waals surface area contributed by atoms with E-state index in [0.29, 0.717) is 12.8 Å². The molecule has 0 aliphatic carbocycles. The Morgan fingerprint density at radius 1 is 0.577 bits per heavy atom. The second-order valence-electron chi connectivity index (χ2n) is 14.1. The molecule has 0 amide bonds. The molecule has 52 heavy (non-hydrogen) atoms. The van der Waals surface area contributed by atoms with Crippen molar-refractivity contribution in [2.24, 2.45) is 5.73 Å². The summed E-state index contributed by atoms with van der Waals surface area (Å²) in [6, 6.07) is -1.52. The molecule has 0 heterocycles. The minimum Gasteiger partial charge on any atom is -0.480 e. The highest BCUT2D eigenvalue weighted by molar-refractivity contribution is 7.47. The zero-order chi connectivity index (χ0) is 38.5. The molecule has 0 aliphatic rings. The van der Waals surface area contributed by atoms with Crippen molar-refractivity contribution in [2.75, 3.05) is 19.8 Å².